The maximum Gasteiger partial charge on any atom is 0.326 e. The van der Waals surface area contributed by atoms with Crippen molar-refractivity contribution < 1.29 is 9.53 Å². The van der Waals surface area contributed by atoms with Crippen molar-refractivity contribution in [3.05, 3.63) is 0 Å². The van der Waals surface area contributed by atoms with Crippen LogP contribution >= 0.6 is 0 Å². The molecule has 4 heteroatoms. The minimum Gasteiger partial charge on any atom is -0.468 e. The largest absolute Gasteiger partial charge is 0.468 e. The Balaban J connectivity index is 2.69. The van der Waals surface area contributed by atoms with Gasteiger partial charge in [-0.2, -0.15) is 0 Å². The van der Waals surface area contributed by atoms with Crippen LogP contribution in [-0.2, 0) is 9.53 Å². The molecule has 0 heterocycles. The van der Waals surface area contributed by atoms with Gasteiger partial charge >= 0.3 is 5.97 Å². The highest BCUT2D eigenvalue weighted by Crippen LogP contribution is 2.39. The third kappa shape index (κ3) is 4.19. The zero-order valence-electron chi connectivity index (χ0n) is 14.6. The van der Waals surface area contributed by atoms with Crippen molar-refractivity contribution in [1.29, 1.82) is 0 Å². The van der Waals surface area contributed by atoms with Crippen LogP contribution in [0, 0.1) is 5.92 Å². The zero-order chi connectivity index (χ0) is 15.9. The van der Waals surface area contributed by atoms with E-state index in [0.29, 0.717) is 12.0 Å². The molecule has 0 aromatic heterocycles. The predicted octanol–water partition coefficient (Wildman–Crippen LogP) is 2.82. The van der Waals surface area contributed by atoms with Crippen molar-refractivity contribution in [1.82, 2.24) is 10.2 Å². The molecule has 0 spiro atoms. The molecule has 4 nitrogen and oxygen atoms in total. The second-order valence-electron chi connectivity index (χ2n) is 6.32. The number of nitrogens with one attached hydrogen (secondary N) is 1. The number of hydrogen-bond donors (Lipinski definition) is 1. The third-order valence-corrected chi connectivity index (χ3v) is 5.26. The monoisotopic (exact) mass is 298 g/mol. The summed E-state index contributed by atoms with van der Waals surface area (Å²) >= 11 is 0. The van der Waals surface area contributed by atoms with Gasteiger partial charge in [-0.3, -0.25) is 4.79 Å². The average Bonchev–Trinajstić information content (AvgIpc) is 2.89. The molecule has 2 unspecified atom stereocenters. The van der Waals surface area contributed by atoms with E-state index >= 15 is 0 Å². The first-order valence-corrected chi connectivity index (χ1v) is 8.59. The first-order valence-electron chi connectivity index (χ1n) is 8.59. The number of rotatable bonds is 9. The maximum atomic E-state index is 12.3. The van der Waals surface area contributed by atoms with Crippen molar-refractivity contribution in [2.75, 3.05) is 27.2 Å². The summed E-state index contributed by atoms with van der Waals surface area (Å²) < 4.78 is 5.10. The lowest BCUT2D eigenvalue weighted by Gasteiger charge is -2.35. The van der Waals surface area contributed by atoms with Gasteiger partial charge in [0.25, 0.3) is 0 Å². The molecular formula is C17H34N2O2. The second kappa shape index (κ2) is 8.74. The highest BCUT2D eigenvalue weighted by Gasteiger charge is 2.49. The van der Waals surface area contributed by atoms with Gasteiger partial charge in [0.15, 0.2) is 0 Å². The molecule has 2 atom stereocenters. The first kappa shape index (κ1) is 18.4. The Morgan fingerprint density at radius 1 is 1.38 bits per heavy atom. The van der Waals surface area contributed by atoms with E-state index in [0.717, 1.165) is 38.8 Å². The van der Waals surface area contributed by atoms with Gasteiger partial charge in [-0.1, -0.05) is 27.2 Å². The predicted molar refractivity (Wildman–Crippen MR) is 87.4 cm³/mol. The Morgan fingerprint density at radius 3 is 2.57 bits per heavy atom. The SMILES string of the molecule is CCNC1(C(=O)OC)CCCC1CCN(C)C(CC)CC. The van der Waals surface area contributed by atoms with Crippen LogP contribution in [0.2, 0.25) is 0 Å². The summed E-state index contributed by atoms with van der Waals surface area (Å²) in [5.41, 5.74) is -0.446. The molecule has 21 heavy (non-hydrogen) atoms. The van der Waals surface area contributed by atoms with E-state index in [2.05, 4.69) is 38.0 Å². The van der Waals surface area contributed by atoms with E-state index < -0.39 is 5.54 Å². The van der Waals surface area contributed by atoms with Gasteiger partial charge in [0.1, 0.15) is 5.54 Å². The molecule has 0 radical (unpaired) electrons. The Bertz CT molecular complexity index is 318. The van der Waals surface area contributed by atoms with Crippen molar-refractivity contribution in [2.45, 2.75) is 70.9 Å². The van der Waals surface area contributed by atoms with E-state index in [1.807, 2.05) is 0 Å². The minimum atomic E-state index is -0.446. The molecule has 0 aromatic carbocycles. The number of carbonyl (C=O) groups is 1. The summed E-state index contributed by atoms with van der Waals surface area (Å²) in [6.45, 7) is 8.43. The topological polar surface area (TPSA) is 41.6 Å². The van der Waals surface area contributed by atoms with Crippen molar-refractivity contribution in [2.24, 2.45) is 5.92 Å². The Hall–Kier alpha value is -0.610. The number of ether oxygens (including phenoxy) is 1. The fourth-order valence-corrected chi connectivity index (χ4v) is 3.99. The van der Waals surface area contributed by atoms with E-state index in [9.17, 15) is 4.79 Å². The molecule has 0 aromatic rings. The summed E-state index contributed by atoms with van der Waals surface area (Å²) in [5.74, 6) is 0.318. The summed E-state index contributed by atoms with van der Waals surface area (Å²) in [6.07, 6.45) is 6.59. The molecule has 1 rings (SSSR count). The standard InChI is InChI=1S/C17H34N2O2/c1-6-15(7-2)19(4)13-11-14-10-9-12-17(14,18-8-3)16(20)21-5/h14-15,18H,6-13H2,1-5H3. The van der Waals surface area contributed by atoms with Gasteiger partial charge in [0.2, 0.25) is 0 Å². The van der Waals surface area contributed by atoms with Crippen LogP contribution in [0.25, 0.3) is 0 Å². The quantitative estimate of drug-likeness (QED) is 0.665. The van der Waals surface area contributed by atoms with Crippen LogP contribution in [0.15, 0.2) is 0 Å². The van der Waals surface area contributed by atoms with E-state index in [1.165, 1.54) is 20.0 Å². The van der Waals surface area contributed by atoms with Gasteiger partial charge in [-0.15, -0.1) is 0 Å². The average molecular weight is 298 g/mol. The minimum absolute atomic E-state index is 0.0722. The number of hydrogen-bond acceptors (Lipinski definition) is 4. The Labute approximate surface area is 130 Å². The Kier molecular flexibility index (Phi) is 7.67. The fourth-order valence-electron chi connectivity index (χ4n) is 3.99. The number of nitrogens with zero attached hydrogens (tertiary/aromatic N) is 1. The lowest BCUT2D eigenvalue weighted by atomic mass is 9.84. The zero-order valence-corrected chi connectivity index (χ0v) is 14.6. The van der Waals surface area contributed by atoms with Gasteiger partial charge in [0.05, 0.1) is 7.11 Å². The molecule has 1 N–H and O–H groups in total. The first-order chi connectivity index (χ1) is 10.1. The summed E-state index contributed by atoms with van der Waals surface area (Å²) in [7, 11) is 3.72. The number of esters is 1. The van der Waals surface area contributed by atoms with Crippen molar-refractivity contribution in [3.63, 3.8) is 0 Å². The van der Waals surface area contributed by atoms with Gasteiger partial charge in [-0.05, 0) is 58.2 Å². The number of methoxy groups -OCH3 is 1. The van der Waals surface area contributed by atoms with Crippen LogP contribution < -0.4 is 5.32 Å². The maximum absolute atomic E-state index is 12.3. The molecule has 1 saturated carbocycles. The van der Waals surface area contributed by atoms with Crippen molar-refractivity contribution >= 4 is 5.97 Å². The normalized spacial score (nSPS) is 25.8. The van der Waals surface area contributed by atoms with Gasteiger partial charge < -0.3 is 15.0 Å². The van der Waals surface area contributed by atoms with Crippen molar-refractivity contribution in [3.8, 4) is 0 Å². The summed E-state index contributed by atoms with van der Waals surface area (Å²) in [6, 6.07) is 0.651. The molecule has 1 aliphatic carbocycles. The fraction of sp³-hybridized carbons (Fsp3) is 0.941. The highest BCUT2D eigenvalue weighted by molar-refractivity contribution is 5.81. The molecule has 1 aliphatic rings. The van der Waals surface area contributed by atoms with Gasteiger partial charge in [0, 0.05) is 6.04 Å². The van der Waals surface area contributed by atoms with Gasteiger partial charge in [-0.25, -0.2) is 0 Å². The molecule has 1 fully saturated rings. The van der Waals surface area contributed by atoms with E-state index in [1.54, 1.807) is 0 Å². The van der Waals surface area contributed by atoms with Crippen LogP contribution in [-0.4, -0.2) is 49.7 Å². The number of likely N-dealkylation sites (N-methyl/N-ethyl adjacent to an activating group) is 1. The van der Waals surface area contributed by atoms with E-state index in [4.69, 9.17) is 4.74 Å². The number of carbonyl (C=O) groups excluding carboxylic acids is 1. The molecule has 124 valence electrons. The molecule has 0 amide bonds. The lowest BCUT2D eigenvalue weighted by Crippen LogP contribution is -2.55. The molecule has 0 aliphatic heterocycles. The van der Waals surface area contributed by atoms with Crippen LogP contribution in [0.3, 0.4) is 0 Å². The highest BCUT2D eigenvalue weighted by atomic mass is 16.5. The summed E-state index contributed by atoms with van der Waals surface area (Å²) in [5, 5.41) is 3.45. The van der Waals surface area contributed by atoms with Crippen LogP contribution in [0.1, 0.15) is 59.3 Å². The van der Waals surface area contributed by atoms with Crippen LogP contribution in [0.4, 0.5) is 0 Å². The van der Waals surface area contributed by atoms with E-state index in [-0.39, 0.29) is 5.97 Å². The third-order valence-electron chi connectivity index (χ3n) is 5.26. The summed E-state index contributed by atoms with van der Waals surface area (Å²) in [4.78, 5) is 14.8. The molecular weight excluding hydrogens is 264 g/mol. The van der Waals surface area contributed by atoms with Crippen LogP contribution in [0.5, 0.6) is 0 Å². The second-order valence-corrected chi connectivity index (χ2v) is 6.32. The molecule has 0 saturated heterocycles. The smallest absolute Gasteiger partial charge is 0.326 e. The lowest BCUT2D eigenvalue weighted by molar-refractivity contribution is -0.150. The molecule has 0 bridgehead atoms. The Morgan fingerprint density at radius 2 is 2.05 bits per heavy atom.